The smallest absolute Gasteiger partial charge is 0.180 e. The number of aromatic amines is 1. The number of nitrogens with two attached hydrogens (primary N) is 1. The summed E-state index contributed by atoms with van der Waals surface area (Å²) in [5.74, 6) is 0.782. The molecule has 0 radical (unpaired) electrons. The maximum absolute atomic E-state index is 5.69. The van der Waals surface area contributed by atoms with Crippen LogP contribution >= 0.6 is 11.3 Å². The lowest BCUT2D eigenvalue weighted by Crippen LogP contribution is -1.82. The van der Waals surface area contributed by atoms with Gasteiger partial charge in [-0.2, -0.15) is 0 Å². The summed E-state index contributed by atoms with van der Waals surface area (Å²) in [6.07, 6.45) is 0. The number of hydrogen-bond donors (Lipinski definition) is 2. The molecule has 3 aromatic heterocycles. The van der Waals surface area contributed by atoms with Crippen molar-refractivity contribution in [1.82, 2.24) is 19.9 Å². The molecule has 0 aliphatic heterocycles. The number of fused-ring (bicyclic) bond motifs is 1. The Morgan fingerprint density at radius 3 is 2.71 bits per heavy atom. The molecule has 3 aromatic rings. The minimum absolute atomic E-state index is 0.557. The van der Waals surface area contributed by atoms with Gasteiger partial charge in [-0.15, -0.1) is 0 Å². The third kappa shape index (κ3) is 1.66. The van der Waals surface area contributed by atoms with Crippen LogP contribution in [0.4, 0.5) is 5.13 Å². The standard InChI is InChI=1S/C11H11N5S/c1-5-3-4-7-9(13-5)16-10(15-7)8-6(2)14-11(12)17-8/h3-4H,1-2H3,(H2,12,14)(H,13,15,16). The first kappa shape index (κ1) is 10.2. The normalized spacial score (nSPS) is 11.2. The number of nitrogen functional groups attached to an aromatic ring is 1. The zero-order valence-electron chi connectivity index (χ0n) is 9.48. The van der Waals surface area contributed by atoms with Gasteiger partial charge in [0.2, 0.25) is 0 Å². The molecule has 0 aliphatic carbocycles. The minimum Gasteiger partial charge on any atom is -0.375 e. The Labute approximate surface area is 102 Å². The molecule has 0 fully saturated rings. The molecule has 0 atom stereocenters. The largest absolute Gasteiger partial charge is 0.375 e. The van der Waals surface area contributed by atoms with Crippen molar-refractivity contribution in [2.75, 3.05) is 5.73 Å². The molecule has 6 heteroatoms. The predicted octanol–water partition coefficient (Wildman–Crippen LogP) is 2.28. The molecule has 0 saturated heterocycles. The molecule has 3 rings (SSSR count). The van der Waals surface area contributed by atoms with E-state index in [1.54, 1.807) is 0 Å². The quantitative estimate of drug-likeness (QED) is 0.689. The fourth-order valence-corrected chi connectivity index (χ4v) is 2.51. The maximum Gasteiger partial charge on any atom is 0.180 e. The number of aryl methyl sites for hydroxylation is 2. The lowest BCUT2D eigenvalue weighted by Gasteiger charge is -1.89. The molecule has 86 valence electrons. The van der Waals surface area contributed by atoms with E-state index in [1.165, 1.54) is 11.3 Å². The van der Waals surface area contributed by atoms with Crippen LogP contribution in [0.5, 0.6) is 0 Å². The molecular weight excluding hydrogens is 234 g/mol. The van der Waals surface area contributed by atoms with E-state index in [0.717, 1.165) is 33.3 Å². The molecule has 0 saturated carbocycles. The van der Waals surface area contributed by atoms with Crippen molar-refractivity contribution >= 4 is 27.6 Å². The molecule has 0 unspecified atom stereocenters. The second-order valence-corrected chi connectivity index (χ2v) is 4.91. The van der Waals surface area contributed by atoms with Crippen molar-refractivity contribution < 1.29 is 0 Å². The molecule has 0 aliphatic rings. The van der Waals surface area contributed by atoms with Crippen LogP contribution in [0.15, 0.2) is 12.1 Å². The maximum atomic E-state index is 5.69. The van der Waals surface area contributed by atoms with E-state index in [4.69, 9.17) is 5.73 Å². The summed E-state index contributed by atoms with van der Waals surface area (Å²) in [5, 5.41) is 0.557. The number of hydrogen-bond acceptors (Lipinski definition) is 5. The SMILES string of the molecule is Cc1ccc2[nH]c(-c3sc(N)nc3C)nc2n1. The van der Waals surface area contributed by atoms with Crippen LogP contribution in [0.1, 0.15) is 11.4 Å². The summed E-state index contributed by atoms with van der Waals surface area (Å²) in [6.45, 7) is 3.87. The average molecular weight is 245 g/mol. The van der Waals surface area contributed by atoms with Gasteiger partial charge in [0.1, 0.15) is 0 Å². The number of rotatable bonds is 1. The molecule has 0 spiro atoms. The lowest BCUT2D eigenvalue weighted by molar-refractivity contribution is 1.22. The highest BCUT2D eigenvalue weighted by atomic mass is 32.1. The van der Waals surface area contributed by atoms with E-state index in [2.05, 4.69) is 19.9 Å². The van der Waals surface area contributed by atoms with E-state index in [9.17, 15) is 0 Å². The average Bonchev–Trinajstić information content (AvgIpc) is 2.80. The Hall–Kier alpha value is -1.95. The van der Waals surface area contributed by atoms with Gasteiger partial charge in [0, 0.05) is 5.69 Å². The third-order valence-corrected chi connectivity index (χ3v) is 3.51. The Morgan fingerprint density at radius 1 is 1.18 bits per heavy atom. The fraction of sp³-hybridized carbons (Fsp3) is 0.182. The minimum atomic E-state index is 0.557. The van der Waals surface area contributed by atoms with Crippen molar-refractivity contribution in [2.24, 2.45) is 0 Å². The first-order chi connectivity index (χ1) is 8.13. The number of nitrogens with one attached hydrogen (secondary N) is 1. The third-order valence-electron chi connectivity index (χ3n) is 2.51. The van der Waals surface area contributed by atoms with Crippen molar-refractivity contribution in [3.05, 3.63) is 23.5 Å². The lowest BCUT2D eigenvalue weighted by atomic mass is 10.3. The van der Waals surface area contributed by atoms with Crippen molar-refractivity contribution in [1.29, 1.82) is 0 Å². The zero-order chi connectivity index (χ0) is 12.0. The summed E-state index contributed by atoms with van der Waals surface area (Å²) in [5.41, 5.74) is 9.19. The van der Waals surface area contributed by atoms with Crippen molar-refractivity contribution in [2.45, 2.75) is 13.8 Å². The first-order valence-electron chi connectivity index (χ1n) is 5.20. The van der Waals surface area contributed by atoms with Crippen LogP contribution in [0.2, 0.25) is 0 Å². The number of thiazole rings is 1. The van der Waals surface area contributed by atoms with Gasteiger partial charge in [-0.05, 0) is 26.0 Å². The molecule has 5 nitrogen and oxygen atoms in total. The van der Waals surface area contributed by atoms with Crippen molar-refractivity contribution in [3.8, 4) is 10.7 Å². The topological polar surface area (TPSA) is 80.5 Å². The summed E-state index contributed by atoms with van der Waals surface area (Å²) in [6, 6.07) is 3.94. The molecule has 17 heavy (non-hydrogen) atoms. The van der Waals surface area contributed by atoms with Gasteiger partial charge in [0.05, 0.1) is 16.1 Å². The van der Waals surface area contributed by atoms with Crippen LogP contribution < -0.4 is 5.73 Å². The molecular formula is C11H11N5S. The summed E-state index contributed by atoms with van der Waals surface area (Å²) < 4.78 is 0. The predicted molar refractivity (Wildman–Crippen MR) is 68.9 cm³/mol. The highest BCUT2D eigenvalue weighted by molar-refractivity contribution is 7.18. The Balaban J connectivity index is 2.21. The van der Waals surface area contributed by atoms with Crippen molar-refractivity contribution in [3.63, 3.8) is 0 Å². The molecule has 3 heterocycles. The summed E-state index contributed by atoms with van der Waals surface area (Å²) >= 11 is 1.43. The second kappa shape index (κ2) is 3.53. The van der Waals surface area contributed by atoms with E-state index in [0.29, 0.717) is 5.13 Å². The first-order valence-corrected chi connectivity index (χ1v) is 6.02. The Kier molecular flexibility index (Phi) is 2.12. The van der Waals surface area contributed by atoms with E-state index < -0.39 is 0 Å². The van der Waals surface area contributed by atoms with Gasteiger partial charge in [0.15, 0.2) is 16.6 Å². The van der Waals surface area contributed by atoms with Gasteiger partial charge in [-0.3, -0.25) is 0 Å². The monoisotopic (exact) mass is 245 g/mol. The van der Waals surface area contributed by atoms with Gasteiger partial charge >= 0.3 is 0 Å². The van der Waals surface area contributed by atoms with E-state index in [1.807, 2.05) is 26.0 Å². The van der Waals surface area contributed by atoms with Gasteiger partial charge in [-0.25, -0.2) is 15.0 Å². The summed E-state index contributed by atoms with van der Waals surface area (Å²) in [4.78, 5) is 17.2. The van der Waals surface area contributed by atoms with Crippen LogP contribution in [-0.4, -0.2) is 19.9 Å². The van der Waals surface area contributed by atoms with Crippen LogP contribution in [0.25, 0.3) is 21.9 Å². The number of H-pyrrole nitrogens is 1. The van der Waals surface area contributed by atoms with Crippen LogP contribution in [-0.2, 0) is 0 Å². The second-order valence-electron chi connectivity index (χ2n) is 3.88. The molecule has 0 amide bonds. The van der Waals surface area contributed by atoms with E-state index in [-0.39, 0.29) is 0 Å². The van der Waals surface area contributed by atoms with Gasteiger partial charge in [-0.1, -0.05) is 11.3 Å². The number of pyridine rings is 1. The van der Waals surface area contributed by atoms with Gasteiger partial charge < -0.3 is 10.7 Å². The fourth-order valence-electron chi connectivity index (χ4n) is 1.73. The van der Waals surface area contributed by atoms with Crippen LogP contribution in [0, 0.1) is 13.8 Å². The molecule has 3 N–H and O–H groups in total. The van der Waals surface area contributed by atoms with Crippen LogP contribution in [0.3, 0.4) is 0 Å². The summed E-state index contributed by atoms with van der Waals surface area (Å²) in [7, 11) is 0. The van der Waals surface area contributed by atoms with Gasteiger partial charge in [0.25, 0.3) is 0 Å². The Bertz CT molecular complexity index is 697. The highest BCUT2D eigenvalue weighted by Crippen LogP contribution is 2.30. The number of aromatic nitrogens is 4. The molecule has 0 bridgehead atoms. The zero-order valence-corrected chi connectivity index (χ0v) is 10.3. The molecule has 0 aromatic carbocycles. The number of anilines is 1. The number of imidazole rings is 1. The highest BCUT2D eigenvalue weighted by Gasteiger charge is 2.12. The number of nitrogens with zero attached hydrogens (tertiary/aromatic N) is 3. The Morgan fingerprint density at radius 2 is 2.00 bits per heavy atom. The van der Waals surface area contributed by atoms with E-state index >= 15 is 0 Å².